The number of carbonyl (C=O) groups excluding carboxylic acids is 1. The molecule has 0 radical (unpaired) electrons. The lowest BCUT2D eigenvalue weighted by Gasteiger charge is -2.15. The van der Waals surface area contributed by atoms with E-state index < -0.39 is 15.9 Å². The maximum Gasteiger partial charge on any atom is 0.267 e. The van der Waals surface area contributed by atoms with Gasteiger partial charge in [-0.1, -0.05) is 0 Å². The number of imidazole rings is 1. The number of rotatable bonds is 5. The summed E-state index contributed by atoms with van der Waals surface area (Å²) >= 11 is 0. The maximum absolute atomic E-state index is 12.4. The zero-order valence-corrected chi connectivity index (χ0v) is 17.3. The first-order chi connectivity index (χ1) is 14.3. The van der Waals surface area contributed by atoms with Gasteiger partial charge in [0, 0.05) is 31.6 Å². The van der Waals surface area contributed by atoms with E-state index in [-0.39, 0.29) is 4.90 Å². The fourth-order valence-electron chi connectivity index (χ4n) is 3.01. The van der Waals surface area contributed by atoms with Gasteiger partial charge < -0.3 is 9.30 Å². The number of hydrogen-bond donors (Lipinski definition) is 0. The molecule has 4 aromatic rings. The van der Waals surface area contributed by atoms with Crippen LogP contribution in [0, 0.1) is 0 Å². The summed E-state index contributed by atoms with van der Waals surface area (Å²) < 4.78 is 32.5. The van der Waals surface area contributed by atoms with Gasteiger partial charge in [0.1, 0.15) is 10.4 Å². The van der Waals surface area contributed by atoms with E-state index >= 15 is 0 Å². The van der Waals surface area contributed by atoms with Crippen molar-refractivity contribution in [1.29, 1.82) is 0 Å². The Kier molecular flexibility index (Phi) is 4.82. The number of fused-ring (bicyclic) bond motifs is 3. The minimum atomic E-state index is -3.91. The highest BCUT2D eigenvalue weighted by Gasteiger charge is 2.23. The molecule has 4 heterocycles. The lowest BCUT2D eigenvalue weighted by Crippen LogP contribution is -2.31. The van der Waals surface area contributed by atoms with E-state index in [0.29, 0.717) is 33.6 Å². The molecule has 0 atom stereocenters. The first-order valence-electron chi connectivity index (χ1n) is 8.90. The van der Waals surface area contributed by atoms with Gasteiger partial charge in [0.15, 0.2) is 5.65 Å². The molecule has 10 nitrogen and oxygen atoms in total. The van der Waals surface area contributed by atoms with E-state index in [9.17, 15) is 13.2 Å². The number of aromatic nitrogens is 5. The molecule has 0 unspecified atom stereocenters. The number of amides is 1. The van der Waals surface area contributed by atoms with Crippen molar-refractivity contribution in [1.82, 2.24) is 28.8 Å². The van der Waals surface area contributed by atoms with Gasteiger partial charge in [-0.2, -0.15) is 4.98 Å². The molecular weight excluding hydrogens is 408 g/mol. The Bertz CT molecular complexity index is 1370. The second kappa shape index (κ2) is 7.34. The van der Waals surface area contributed by atoms with Crippen LogP contribution in [0.3, 0.4) is 0 Å². The number of nitrogens with zero attached hydrogens (tertiary/aromatic N) is 6. The van der Waals surface area contributed by atoms with Gasteiger partial charge in [0.25, 0.3) is 10.0 Å². The highest BCUT2D eigenvalue weighted by atomic mass is 32.2. The van der Waals surface area contributed by atoms with Crippen molar-refractivity contribution in [3.8, 4) is 5.88 Å². The molecule has 1 amide bonds. The molecule has 0 aliphatic rings. The Morgan fingerprint density at radius 1 is 1.13 bits per heavy atom. The summed E-state index contributed by atoms with van der Waals surface area (Å²) in [5, 5.41) is 0.813. The molecule has 4 aromatic heterocycles. The first-order valence-corrected chi connectivity index (χ1v) is 10.3. The summed E-state index contributed by atoms with van der Waals surface area (Å²) in [5.74, 6) is -0.107. The van der Waals surface area contributed by atoms with Crippen molar-refractivity contribution < 1.29 is 17.9 Å². The second-order valence-corrected chi connectivity index (χ2v) is 8.54. The van der Waals surface area contributed by atoms with Gasteiger partial charge in [0.05, 0.1) is 37.4 Å². The van der Waals surface area contributed by atoms with Crippen molar-refractivity contribution in [3.63, 3.8) is 0 Å². The Labute approximate surface area is 172 Å². The van der Waals surface area contributed by atoms with Crippen LogP contribution in [0.1, 0.15) is 12.6 Å². The molecule has 0 N–H and O–H groups in total. The van der Waals surface area contributed by atoms with Crippen molar-refractivity contribution in [2.75, 3.05) is 14.2 Å². The topological polar surface area (TPSA) is 120 Å². The molecule has 30 heavy (non-hydrogen) atoms. The lowest BCUT2D eigenvalue weighted by molar-refractivity contribution is -0.123. The van der Waals surface area contributed by atoms with Crippen LogP contribution >= 0.6 is 0 Å². The Balaban J connectivity index is 1.69. The Morgan fingerprint density at radius 2 is 1.93 bits per heavy atom. The molecule has 0 saturated heterocycles. The predicted octanol–water partition coefficient (Wildman–Crippen LogP) is 1.60. The van der Waals surface area contributed by atoms with Crippen LogP contribution < -0.4 is 4.74 Å². The smallest absolute Gasteiger partial charge is 0.267 e. The van der Waals surface area contributed by atoms with E-state index in [4.69, 9.17) is 4.74 Å². The first kappa shape index (κ1) is 19.7. The minimum Gasteiger partial charge on any atom is -0.481 e. The van der Waals surface area contributed by atoms with Crippen molar-refractivity contribution in [3.05, 3.63) is 48.7 Å². The van der Waals surface area contributed by atoms with Crippen molar-refractivity contribution in [2.24, 2.45) is 0 Å². The van der Waals surface area contributed by atoms with Crippen LogP contribution in [0.5, 0.6) is 5.88 Å². The fraction of sp³-hybridized carbons (Fsp3) is 0.211. The average Bonchev–Trinajstić information content (AvgIpc) is 3.16. The predicted molar refractivity (Wildman–Crippen MR) is 108 cm³/mol. The van der Waals surface area contributed by atoms with E-state index in [1.54, 1.807) is 31.8 Å². The summed E-state index contributed by atoms with van der Waals surface area (Å²) in [6, 6.07) is 6.67. The standard InChI is InChI=1S/C19H18N6O4S/c1-12(26)24(2)30(27,28)14-5-4-13(20-8-14)10-25-11-22-16-9-21-19-15(18(16)25)6-7-17(23-19)29-3/h4-9,11H,10H2,1-3H3. The normalized spacial score (nSPS) is 11.7. The average molecular weight is 426 g/mol. The third-order valence-electron chi connectivity index (χ3n) is 4.72. The summed E-state index contributed by atoms with van der Waals surface area (Å²) in [6.45, 7) is 1.55. The van der Waals surface area contributed by atoms with E-state index in [2.05, 4.69) is 19.9 Å². The van der Waals surface area contributed by atoms with Crippen LogP contribution in [-0.4, -0.2) is 57.3 Å². The number of ether oxygens (including phenoxy) is 1. The molecule has 154 valence electrons. The number of sulfonamides is 1. The molecule has 4 rings (SSSR count). The molecule has 11 heteroatoms. The molecule has 0 spiro atoms. The van der Waals surface area contributed by atoms with Gasteiger partial charge in [0.2, 0.25) is 11.8 Å². The van der Waals surface area contributed by atoms with E-state index in [1.165, 1.54) is 26.2 Å². The Hall–Kier alpha value is -3.60. The van der Waals surface area contributed by atoms with Gasteiger partial charge in [-0.3, -0.25) is 9.78 Å². The number of pyridine rings is 3. The third-order valence-corrected chi connectivity index (χ3v) is 6.54. The molecule has 0 aromatic carbocycles. The highest BCUT2D eigenvalue weighted by molar-refractivity contribution is 7.89. The van der Waals surface area contributed by atoms with Gasteiger partial charge in [-0.25, -0.2) is 22.7 Å². The van der Waals surface area contributed by atoms with Crippen LogP contribution in [0.15, 0.2) is 47.9 Å². The number of carbonyl (C=O) groups is 1. The van der Waals surface area contributed by atoms with Crippen molar-refractivity contribution in [2.45, 2.75) is 18.4 Å². The van der Waals surface area contributed by atoms with E-state index in [0.717, 1.165) is 10.9 Å². The monoisotopic (exact) mass is 426 g/mol. The summed E-state index contributed by atoms with van der Waals surface area (Å²) in [5.41, 5.74) is 2.71. The van der Waals surface area contributed by atoms with Gasteiger partial charge >= 0.3 is 0 Å². The second-order valence-electron chi connectivity index (χ2n) is 6.57. The minimum absolute atomic E-state index is 0.0506. The number of hydrogen-bond acceptors (Lipinski definition) is 8. The molecule has 0 aliphatic heterocycles. The van der Waals surface area contributed by atoms with Crippen LogP contribution in [0.25, 0.3) is 22.1 Å². The van der Waals surface area contributed by atoms with Crippen molar-refractivity contribution >= 4 is 38.0 Å². The zero-order valence-electron chi connectivity index (χ0n) is 16.5. The summed E-state index contributed by atoms with van der Waals surface area (Å²) in [7, 11) is -1.16. The van der Waals surface area contributed by atoms with Crippen LogP contribution in [-0.2, 0) is 21.4 Å². The largest absolute Gasteiger partial charge is 0.481 e. The van der Waals surface area contributed by atoms with Crippen LogP contribution in [0.2, 0.25) is 0 Å². The van der Waals surface area contributed by atoms with E-state index in [1.807, 2.05) is 10.6 Å². The fourth-order valence-corrected chi connectivity index (χ4v) is 4.09. The summed E-state index contributed by atoms with van der Waals surface area (Å²) in [6.07, 6.45) is 4.56. The van der Waals surface area contributed by atoms with Gasteiger partial charge in [-0.05, 0) is 18.2 Å². The zero-order chi connectivity index (χ0) is 21.5. The SMILES string of the molecule is COc1ccc2c(ncc3ncn(Cc4ccc(S(=O)(=O)N(C)C(C)=O)cn4)c32)n1. The maximum atomic E-state index is 12.4. The molecule has 0 bridgehead atoms. The molecule has 0 aliphatic carbocycles. The highest BCUT2D eigenvalue weighted by Crippen LogP contribution is 2.24. The number of methoxy groups -OCH3 is 1. The lowest BCUT2D eigenvalue weighted by atomic mass is 10.2. The van der Waals surface area contributed by atoms with Gasteiger partial charge in [-0.15, -0.1) is 0 Å². The van der Waals surface area contributed by atoms with Crippen LogP contribution in [0.4, 0.5) is 0 Å². The quantitative estimate of drug-likeness (QED) is 0.472. The third kappa shape index (κ3) is 3.32. The molecular formula is C19H18N6O4S. The summed E-state index contributed by atoms with van der Waals surface area (Å²) in [4.78, 5) is 28.7. The molecule has 0 fully saturated rings. The molecule has 0 saturated carbocycles. The Morgan fingerprint density at radius 3 is 2.60 bits per heavy atom.